The largest absolute Gasteiger partial charge is 0.466 e. The van der Waals surface area contributed by atoms with Crippen molar-refractivity contribution in [1.29, 1.82) is 0 Å². The summed E-state index contributed by atoms with van der Waals surface area (Å²) in [6, 6.07) is 10.1. The summed E-state index contributed by atoms with van der Waals surface area (Å²) >= 11 is 5.33. The van der Waals surface area contributed by atoms with Crippen molar-refractivity contribution in [3.63, 3.8) is 0 Å². The smallest absolute Gasteiger partial charge is 0.416 e. The molecule has 2 aromatic rings. The van der Waals surface area contributed by atoms with Gasteiger partial charge in [-0.05, 0) is 61.1 Å². The molecule has 1 aliphatic heterocycles. The number of nitrogens with one attached hydrogen (secondary N) is 2. The number of nitrogens with zero attached hydrogens (tertiary/aromatic N) is 1. The van der Waals surface area contributed by atoms with Crippen molar-refractivity contribution in [1.82, 2.24) is 10.2 Å². The van der Waals surface area contributed by atoms with Crippen LogP contribution in [-0.4, -0.2) is 36.0 Å². The third-order valence-corrected chi connectivity index (χ3v) is 5.53. The van der Waals surface area contributed by atoms with Crippen molar-refractivity contribution in [2.24, 2.45) is 0 Å². The van der Waals surface area contributed by atoms with Gasteiger partial charge in [-0.3, -0.25) is 4.79 Å². The molecular formula is C22H20F3N3O3S. The van der Waals surface area contributed by atoms with Crippen LogP contribution in [0.4, 0.5) is 18.9 Å². The van der Waals surface area contributed by atoms with Gasteiger partial charge < -0.3 is 20.3 Å². The Bertz CT molecular complexity index is 1080. The van der Waals surface area contributed by atoms with Crippen LogP contribution in [0.25, 0.3) is 0 Å². The van der Waals surface area contributed by atoms with E-state index in [-0.39, 0.29) is 5.56 Å². The van der Waals surface area contributed by atoms with Crippen LogP contribution in [0.5, 0.6) is 0 Å². The van der Waals surface area contributed by atoms with Crippen LogP contribution in [0.15, 0.2) is 59.8 Å². The van der Waals surface area contributed by atoms with Crippen LogP contribution in [-0.2, 0) is 15.7 Å². The van der Waals surface area contributed by atoms with E-state index >= 15 is 0 Å². The fourth-order valence-electron chi connectivity index (χ4n) is 3.23. The van der Waals surface area contributed by atoms with Gasteiger partial charge in [-0.2, -0.15) is 13.2 Å². The van der Waals surface area contributed by atoms with Crippen LogP contribution in [0, 0.1) is 0 Å². The first-order valence-electron chi connectivity index (χ1n) is 9.44. The molecule has 0 saturated heterocycles. The van der Waals surface area contributed by atoms with E-state index in [1.54, 1.807) is 43.1 Å². The first-order valence-corrected chi connectivity index (χ1v) is 9.85. The molecule has 3 rings (SSSR count). The lowest BCUT2D eigenvalue weighted by atomic mass is 9.95. The molecule has 0 bridgehead atoms. The summed E-state index contributed by atoms with van der Waals surface area (Å²) in [6.45, 7) is 1.77. The van der Waals surface area contributed by atoms with E-state index in [1.807, 2.05) is 0 Å². The Kier molecular flexibility index (Phi) is 6.54. The molecule has 1 amide bonds. The van der Waals surface area contributed by atoms with Gasteiger partial charge in [0.05, 0.1) is 24.3 Å². The Hall–Kier alpha value is -3.40. The Morgan fingerprint density at radius 3 is 2.22 bits per heavy atom. The maximum absolute atomic E-state index is 12.7. The minimum atomic E-state index is -4.47. The van der Waals surface area contributed by atoms with Gasteiger partial charge in [0.1, 0.15) is 0 Å². The number of alkyl halides is 3. The van der Waals surface area contributed by atoms with Gasteiger partial charge in [-0.25, -0.2) is 4.79 Å². The predicted molar refractivity (Wildman–Crippen MR) is 117 cm³/mol. The van der Waals surface area contributed by atoms with E-state index in [1.165, 1.54) is 7.11 Å². The zero-order chi connectivity index (χ0) is 23.6. The van der Waals surface area contributed by atoms with Gasteiger partial charge in [0.2, 0.25) is 0 Å². The molecule has 1 heterocycles. The number of rotatable bonds is 4. The molecule has 1 aliphatic rings. The first-order chi connectivity index (χ1) is 15.0. The summed E-state index contributed by atoms with van der Waals surface area (Å²) in [5, 5.41) is 6.18. The number of benzene rings is 2. The van der Waals surface area contributed by atoms with Crippen LogP contribution < -0.4 is 10.6 Å². The Morgan fingerprint density at radius 2 is 1.69 bits per heavy atom. The maximum Gasteiger partial charge on any atom is 0.416 e. The molecule has 1 atom stereocenters. The lowest BCUT2D eigenvalue weighted by Crippen LogP contribution is -2.46. The molecule has 0 spiro atoms. The Labute approximate surface area is 188 Å². The second kappa shape index (κ2) is 8.99. The monoisotopic (exact) mass is 463 g/mol. The van der Waals surface area contributed by atoms with E-state index in [2.05, 4.69) is 10.6 Å². The lowest BCUT2D eigenvalue weighted by Gasteiger charge is -2.35. The molecule has 0 aliphatic carbocycles. The maximum atomic E-state index is 12.7. The summed E-state index contributed by atoms with van der Waals surface area (Å²) in [6.07, 6.45) is -4.47. The van der Waals surface area contributed by atoms with Gasteiger partial charge in [-0.1, -0.05) is 12.1 Å². The highest BCUT2D eigenvalue weighted by Crippen LogP contribution is 2.32. The molecule has 0 fully saturated rings. The number of hydrogen-bond acceptors (Lipinski definition) is 4. The van der Waals surface area contributed by atoms with Gasteiger partial charge in [-0.15, -0.1) is 0 Å². The van der Waals surface area contributed by atoms with Crippen LogP contribution in [0.2, 0.25) is 0 Å². The fraction of sp³-hybridized carbons (Fsp3) is 0.227. The number of ether oxygens (including phenoxy) is 1. The van der Waals surface area contributed by atoms with Crippen molar-refractivity contribution < 1.29 is 27.5 Å². The molecule has 0 aromatic heterocycles. The van der Waals surface area contributed by atoms with E-state index in [0.717, 1.165) is 24.3 Å². The summed E-state index contributed by atoms with van der Waals surface area (Å²) in [5.41, 5.74) is 1.49. The van der Waals surface area contributed by atoms with Crippen molar-refractivity contribution in [2.45, 2.75) is 19.1 Å². The SMILES string of the molecule is COC(=O)C1=C(C)N(C)C(=S)N[C@H]1c1ccc(NC(=O)c2ccc(C(F)(F)F)cc2)cc1. The molecule has 2 N–H and O–H groups in total. The second-order valence-electron chi connectivity index (χ2n) is 7.08. The average molecular weight is 463 g/mol. The Balaban J connectivity index is 1.79. The van der Waals surface area contributed by atoms with E-state index < -0.39 is 29.7 Å². The third kappa shape index (κ3) is 4.75. The number of carbonyl (C=O) groups excluding carboxylic acids is 2. The van der Waals surface area contributed by atoms with Crippen molar-refractivity contribution in [3.8, 4) is 0 Å². The average Bonchev–Trinajstić information content (AvgIpc) is 2.76. The fourth-order valence-corrected chi connectivity index (χ4v) is 3.49. The number of thiocarbonyl (C=S) groups is 1. The molecule has 32 heavy (non-hydrogen) atoms. The molecular weight excluding hydrogens is 443 g/mol. The van der Waals surface area contributed by atoms with Gasteiger partial charge in [0.15, 0.2) is 5.11 Å². The van der Waals surface area contributed by atoms with Gasteiger partial charge in [0, 0.05) is 24.0 Å². The lowest BCUT2D eigenvalue weighted by molar-refractivity contribution is -0.138. The number of allylic oxidation sites excluding steroid dienone is 1. The number of amides is 1. The minimum absolute atomic E-state index is 0.0935. The molecule has 10 heteroatoms. The number of anilines is 1. The molecule has 0 saturated carbocycles. The standard InChI is InChI=1S/C22H20F3N3O3S/c1-12-17(20(30)31-3)18(27-21(32)28(12)2)13-6-10-16(11-7-13)26-19(29)14-4-8-15(9-5-14)22(23,24)25/h4-11,18H,1-3H3,(H,26,29)(H,27,32)/t18-/m0/s1. The molecule has 6 nitrogen and oxygen atoms in total. The zero-order valence-electron chi connectivity index (χ0n) is 17.4. The van der Waals surface area contributed by atoms with E-state index in [4.69, 9.17) is 17.0 Å². The topological polar surface area (TPSA) is 70.7 Å². The summed E-state index contributed by atoms with van der Waals surface area (Å²) < 4.78 is 43.0. The molecule has 168 valence electrons. The van der Waals surface area contributed by atoms with Crippen LogP contribution >= 0.6 is 12.2 Å². The van der Waals surface area contributed by atoms with E-state index in [9.17, 15) is 22.8 Å². The number of esters is 1. The predicted octanol–water partition coefficient (Wildman–Crippen LogP) is 4.27. The van der Waals surface area contributed by atoms with Crippen LogP contribution in [0.1, 0.15) is 34.5 Å². The number of halogens is 3. The third-order valence-electron chi connectivity index (χ3n) is 5.14. The van der Waals surface area contributed by atoms with Crippen LogP contribution in [0.3, 0.4) is 0 Å². The van der Waals surface area contributed by atoms with Crippen molar-refractivity contribution >= 4 is 34.9 Å². The zero-order valence-corrected chi connectivity index (χ0v) is 18.2. The highest BCUT2D eigenvalue weighted by atomic mass is 32.1. The molecule has 0 unspecified atom stereocenters. The normalized spacial score (nSPS) is 16.5. The summed E-state index contributed by atoms with van der Waals surface area (Å²) in [4.78, 5) is 26.4. The quantitative estimate of drug-likeness (QED) is 0.522. The van der Waals surface area contributed by atoms with Gasteiger partial charge >= 0.3 is 12.1 Å². The highest BCUT2D eigenvalue weighted by Gasteiger charge is 2.33. The molecule has 2 aromatic carbocycles. The molecule has 0 radical (unpaired) electrons. The summed E-state index contributed by atoms with van der Waals surface area (Å²) in [7, 11) is 3.04. The van der Waals surface area contributed by atoms with E-state index in [0.29, 0.717) is 27.6 Å². The summed E-state index contributed by atoms with van der Waals surface area (Å²) in [5.74, 6) is -1.04. The van der Waals surface area contributed by atoms with Gasteiger partial charge in [0.25, 0.3) is 5.91 Å². The van der Waals surface area contributed by atoms with Crippen molar-refractivity contribution in [2.75, 3.05) is 19.5 Å². The van der Waals surface area contributed by atoms with Crippen molar-refractivity contribution in [3.05, 3.63) is 76.5 Å². The highest BCUT2D eigenvalue weighted by molar-refractivity contribution is 7.80. The number of methoxy groups -OCH3 is 1. The minimum Gasteiger partial charge on any atom is -0.466 e. The Morgan fingerprint density at radius 1 is 1.09 bits per heavy atom. The second-order valence-corrected chi connectivity index (χ2v) is 7.47. The first kappa shape index (κ1) is 23.3. The number of carbonyl (C=O) groups is 2. The number of hydrogen-bond donors (Lipinski definition) is 2.